The van der Waals surface area contributed by atoms with Crippen molar-refractivity contribution in [3.63, 3.8) is 0 Å². The van der Waals surface area contributed by atoms with E-state index in [-0.39, 0.29) is 17.7 Å². The van der Waals surface area contributed by atoms with Crippen LogP contribution in [0.2, 0.25) is 5.02 Å². The van der Waals surface area contributed by atoms with Crippen LogP contribution in [0, 0.1) is 5.92 Å². The Morgan fingerprint density at radius 3 is 2.59 bits per heavy atom. The van der Waals surface area contributed by atoms with Crippen molar-refractivity contribution in [2.24, 2.45) is 5.92 Å². The van der Waals surface area contributed by atoms with Crippen molar-refractivity contribution in [3.05, 3.63) is 64.9 Å². The number of carbonyl (C=O) groups excluding carboxylic acids is 2. The zero-order valence-electron chi connectivity index (χ0n) is 18.5. The highest BCUT2D eigenvalue weighted by atomic mass is 35.5. The normalized spacial score (nSPS) is 15.8. The number of likely N-dealkylation sites (tertiary alicyclic amines) is 1. The first-order chi connectivity index (χ1) is 15.4. The van der Waals surface area contributed by atoms with Crippen molar-refractivity contribution in [2.45, 2.75) is 45.1 Å². The molecule has 0 spiro atoms. The number of hydrogen-bond acceptors (Lipinski definition) is 3. The smallest absolute Gasteiger partial charge is 0.251 e. The minimum absolute atomic E-state index is 0.0000527. The van der Waals surface area contributed by atoms with Crippen molar-refractivity contribution >= 4 is 34.4 Å². The van der Waals surface area contributed by atoms with Crippen LogP contribution < -0.4 is 5.32 Å². The molecule has 0 bridgehead atoms. The van der Waals surface area contributed by atoms with E-state index >= 15 is 0 Å². The number of piperidine rings is 1. The fourth-order valence-corrected chi connectivity index (χ4v) is 4.61. The molecule has 2 amide bonds. The van der Waals surface area contributed by atoms with Crippen LogP contribution in [0.4, 0.5) is 0 Å². The number of fused-ring (bicyclic) bond motifs is 1. The number of pyridine rings is 1. The molecule has 1 fully saturated rings. The number of rotatable bonds is 6. The van der Waals surface area contributed by atoms with Gasteiger partial charge in [0.1, 0.15) is 11.7 Å². The van der Waals surface area contributed by atoms with Crippen LogP contribution in [0.3, 0.4) is 0 Å². The van der Waals surface area contributed by atoms with Gasteiger partial charge in [-0.25, -0.2) is 4.98 Å². The largest absolute Gasteiger partial charge is 0.346 e. The second-order valence-corrected chi connectivity index (χ2v) is 9.34. The lowest BCUT2D eigenvalue weighted by Gasteiger charge is -2.35. The highest BCUT2D eigenvalue weighted by molar-refractivity contribution is 6.30. The maximum atomic E-state index is 13.3. The average molecular weight is 453 g/mol. The Morgan fingerprint density at radius 1 is 1.19 bits per heavy atom. The van der Waals surface area contributed by atoms with Gasteiger partial charge in [0.2, 0.25) is 5.91 Å². The van der Waals surface area contributed by atoms with E-state index in [0.29, 0.717) is 36.0 Å². The number of aromatic amines is 1. The Labute approximate surface area is 193 Å². The highest BCUT2D eigenvalue weighted by Crippen LogP contribution is 2.32. The number of hydrogen-bond donors (Lipinski definition) is 2. The van der Waals surface area contributed by atoms with Gasteiger partial charge in [0.15, 0.2) is 0 Å². The van der Waals surface area contributed by atoms with E-state index in [1.54, 1.807) is 30.5 Å². The Hall–Kier alpha value is -2.86. The van der Waals surface area contributed by atoms with E-state index in [4.69, 9.17) is 11.6 Å². The third-order valence-electron chi connectivity index (χ3n) is 6.15. The number of amides is 2. The van der Waals surface area contributed by atoms with Gasteiger partial charge in [-0.2, -0.15) is 0 Å². The minimum Gasteiger partial charge on any atom is -0.346 e. The van der Waals surface area contributed by atoms with E-state index in [9.17, 15) is 9.59 Å². The lowest BCUT2D eigenvalue weighted by Crippen LogP contribution is -2.51. The molecule has 1 aromatic carbocycles. The van der Waals surface area contributed by atoms with Crippen molar-refractivity contribution in [1.82, 2.24) is 20.2 Å². The number of nitrogens with zero attached hydrogens (tertiary/aromatic N) is 2. The zero-order chi connectivity index (χ0) is 22.7. The van der Waals surface area contributed by atoms with Crippen molar-refractivity contribution in [1.29, 1.82) is 0 Å². The molecule has 1 unspecified atom stereocenters. The molecule has 0 radical (unpaired) electrons. The number of nitrogens with one attached hydrogen (secondary N) is 2. The maximum absolute atomic E-state index is 13.3. The maximum Gasteiger partial charge on any atom is 0.251 e. The molecule has 4 rings (SSSR count). The molecular weight excluding hydrogens is 424 g/mol. The van der Waals surface area contributed by atoms with Crippen LogP contribution in [0.15, 0.2) is 48.8 Å². The van der Waals surface area contributed by atoms with Gasteiger partial charge in [-0.05, 0) is 73.1 Å². The molecule has 0 aliphatic carbocycles. The summed E-state index contributed by atoms with van der Waals surface area (Å²) in [7, 11) is 0. The number of benzene rings is 1. The summed E-state index contributed by atoms with van der Waals surface area (Å²) >= 11 is 5.93. The monoisotopic (exact) mass is 452 g/mol. The van der Waals surface area contributed by atoms with E-state index in [2.05, 4.69) is 35.2 Å². The Balaban J connectivity index is 1.41. The lowest BCUT2D eigenvalue weighted by atomic mass is 9.89. The first kappa shape index (κ1) is 22.3. The molecular formula is C25H29ClN4O2. The predicted molar refractivity (Wildman–Crippen MR) is 127 cm³/mol. The van der Waals surface area contributed by atoms with Crippen LogP contribution >= 0.6 is 11.6 Å². The van der Waals surface area contributed by atoms with Gasteiger partial charge in [-0.1, -0.05) is 25.4 Å². The van der Waals surface area contributed by atoms with E-state index in [1.165, 1.54) is 5.56 Å². The topological polar surface area (TPSA) is 78.1 Å². The van der Waals surface area contributed by atoms with Gasteiger partial charge in [-0.15, -0.1) is 0 Å². The van der Waals surface area contributed by atoms with Crippen LogP contribution in [0.5, 0.6) is 0 Å². The molecule has 2 N–H and O–H groups in total. The average Bonchev–Trinajstić information content (AvgIpc) is 3.22. The molecule has 3 aromatic rings. The number of H-pyrrole nitrogens is 1. The summed E-state index contributed by atoms with van der Waals surface area (Å²) in [5.41, 5.74) is 2.68. The summed E-state index contributed by atoms with van der Waals surface area (Å²) in [5.74, 6) is 0.428. The molecule has 2 aromatic heterocycles. The number of aromatic nitrogens is 2. The first-order valence-electron chi connectivity index (χ1n) is 11.2. The number of carbonyl (C=O) groups is 2. The summed E-state index contributed by atoms with van der Waals surface area (Å²) < 4.78 is 0. The van der Waals surface area contributed by atoms with E-state index < -0.39 is 6.04 Å². The standard InChI is InChI=1S/C25H29ClN4O2/c1-16(2)14-22(29-24(31)18-5-7-19(26)8-6-18)25(32)30-12-9-17(10-13-30)21-15-28-23-20(21)4-3-11-27-23/h3-8,11,15-17,22H,9-10,12-14H2,1-2H3,(H,27,28)(H,29,31). The fourth-order valence-electron chi connectivity index (χ4n) is 4.48. The first-order valence-corrected chi connectivity index (χ1v) is 11.6. The van der Waals surface area contributed by atoms with Crippen LogP contribution in [-0.4, -0.2) is 45.8 Å². The molecule has 1 saturated heterocycles. The van der Waals surface area contributed by atoms with Crippen LogP contribution in [0.1, 0.15) is 54.9 Å². The van der Waals surface area contributed by atoms with Crippen LogP contribution in [0.25, 0.3) is 11.0 Å². The SMILES string of the molecule is CC(C)CC(NC(=O)c1ccc(Cl)cc1)C(=O)N1CCC(c2c[nH]c3ncccc23)CC1. The molecule has 7 heteroatoms. The Morgan fingerprint density at radius 2 is 1.91 bits per heavy atom. The van der Waals surface area contributed by atoms with E-state index in [0.717, 1.165) is 23.9 Å². The van der Waals surface area contributed by atoms with Gasteiger partial charge in [-0.3, -0.25) is 9.59 Å². The zero-order valence-corrected chi connectivity index (χ0v) is 19.2. The highest BCUT2D eigenvalue weighted by Gasteiger charge is 2.31. The molecule has 1 aliphatic rings. The quantitative estimate of drug-likeness (QED) is 0.565. The van der Waals surface area contributed by atoms with Gasteiger partial charge >= 0.3 is 0 Å². The Kier molecular flexibility index (Phi) is 6.80. The second kappa shape index (κ2) is 9.74. The molecule has 3 heterocycles. The van der Waals surface area contributed by atoms with E-state index in [1.807, 2.05) is 17.2 Å². The summed E-state index contributed by atoms with van der Waals surface area (Å²) in [6.45, 7) is 5.49. The van der Waals surface area contributed by atoms with Crippen molar-refractivity contribution in [3.8, 4) is 0 Å². The van der Waals surface area contributed by atoms with Crippen molar-refractivity contribution in [2.75, 3.05) is 13.1 Å². The van der Waals surface area contributed by atoms with Gasteiger partial charge < -0.3 is 15.2 Å². The molecule has 1 atom stereocenters. The molecule has 6 nitrogen and oxygen atoms in total. The van der Waals surface area contributed by atoms with Crippen LogP contribution in [-0.2, 0) is 4.79 Å². The molecule has 168 valence electrons. The molecule has 32 heavy (non-hydrogen) atoms. The van der Waals surface area contributed by atoms with Gasteiger partial charge in [0.25, 0.3) is 5.91 Å². The minimum atomic E-state index is -0.535. The fraction of sp³-hybridized carbons (Fsp3) is 0.400. The lowest BCUT2D eigenvalue weighted by molar-refractivity contribution is -0.134. The third kappa shape index (κ3) is 4.96. The summed E-state index contributed by atoms with van der Waals surface area (Å²) in [4.78, 5) is 35.6. The summed E-state index contributed by atoms with van der Waals surface area (Å²) in [6.07, 6.45) is 6.23. The second-order valence-electron chi connectivity index (χ2n) is 8.91. The predicted octanol–water partition coefficient (Wildman–Crippen LogP) is 4.77. The molecule has 1 aliphatic heterocycles. The van der Waals surface area contributed by atoms with Crippen molar-refractivity contribution < 1.29 is 9.59 Å². The summed E-state index contributed by atoms with van der Waals surface area (Å²) in [6, 6.07) is 10.2. The molecule has 0 saturated carbocycles. The Bertz CT molecular complexity index is 1080. The van der Waals surface area contributed by atoms with Gasteiger partial charge in [0.05, 0.1) is 0 Å². The number of halogens is 1. The van der Waals surface area contributed by atoms with Gasteiger partial charge in [0, 0.05) is 41.5 Å². The summed E-state index contributed by atoms with van der Waals surface area (Å²) in [5, 5.41) is 4.69. The third-order valence-corrected chi connectivity index (χ3v) is 6.40.